The Morgan fingerprint density at radius 3 is 2.74 bits per heavy atom. The van der Waals surface area contributed by atoms with Crippen LogP contribution >= 0.6 is 11.8 Å². The number of allylic oxidation sites excluding steroid dienone is 1. The molecule has 200 valence electrons. The summed E-state index contributed by atoms with van der Waals surface area (Å²) >= 11 is 1.52. The van der Waals surface area contributed by atoms with Crippen LogP contribution < -0.4 is 20.1 Å². The number of unbranched alkanes of at least 4 members (excludes halogenated alkanes) is 1. The van der Waals surface area contributed by atoms with Gasteiger partial charge in [-0.15, -0.1) is 5.10 Å². The molecule has 4 rings (SSSR count). The average Bonchev–Trinajstić information content (AvgIpc) is 3.31. The summed E-state index contributed by atoms with van der Waals surface area (Å²) < 4.78 is 12.5. The van der Waals surface area contributed by atoms with Gasteiger partial charge in [-0.05, 0) is 44.0 Å². The molecular formula is C26H30N6O5S. The summed E-state index contributed by atoms with van der Waals surface area (Å²) in [6, 6.07) is 11.0. The third kappa shape index (κ3) is 5.59. The number of ether oxygens (including phenoxy) is 2. The first kappa shape index (κ1) is 27.0. The molecule has 2 aromatic carbocycles. The smallest absolute Gasteiger partial charge is 0.311 e. The standard InChI is InChI=1S/C26H30N6O5S/c1-5-7-14-38-26-29-25-27-16(3)22(24(33)28-18-10-8-9-11-20(18)37-6-2)23(31(25)30-26)17-12-13-21(36-4)19(15-17)32(34)35/h8-13,15,23H,5-7,14H2,1-4H3,(H,28,33)(H,27,29,30). The molecule has 1 amide bonds. The first-order valence-electron chi connectivity index (χ1n) is 12.3. The Morgan fingerprint density at radius 1 is 1.24 bits per heavy atom. The minimum atomic E-state index is -0.775. The molecule has 0 aliphatic carbocycles. The van der Waals surface area contributed by atoms with Crippen molar-refractivity contribution in [2.24, 2.45) is 0 Å². The zero-order chi connectivity index (χ0) is 27.2. The molecule has 0 saturated heterocycles. The number of methoxy groups -OCH3 is 1. The largest absolute Gasteiger partial charge is 0.492 e. The fraction of sp³-hybridized carbons (Fsp3) is 0.346. The summed E-state index contributed by atoms with van der Waals surface area (Å²) in [5, 5.41) is 23.2. The lowest BCUT2D eigenvalue weighted by Gasteiger charge is -2.28. The molecular weight excluding hydrogens is 508 g/mol. The van der Waals surface area contributed by atoms with Crippen molar-refractivity contribution in [1.82, 2.24) is 14.8 Å². The van der Waals surface area contributed by atoms with Crippen LogP contribution in [0, 0.1) is 10.1 Å². The van der Waals surface area contributed by atoms with Crippen molar-refractivity contribution in [2.75, 3.05) is 30.1 Å². The van der Waals surface area contributed by atoms with E-state index in [0.29, 0.717) is 46.0 Å². The molecule has 0 spiro atoms. The van der Waals surface area contributed by atoms with Crippen LogP contribution in [0.3, 0.4) is 0 Å². The number of carbonyl (C=O) groups is 1. The molecule has 12 heteroatoms. The first-order chi connectivity index (χ1) is 18.4. The number of hydrogen-bond donors (Lipinski definition) is 2. The summed E-state index contributed by atoms with van der Waals surface area (Å²) in [6.07, 6.45) is 2.06. The highest BCUT2D eigenvalue weighted by molar-refractivity contribution is 7.99. The molecule has 1 aliphatic rings. The van der Waals surface area contributed by atoms with E-state index in [2.05, 4.69) is 27.6 Å². The summed E-state index contributed by atoms with van der Waals surface area (Å²) in [7, 11) is 1.38. The maximum atomic E-state index is 13.8. The van der Waals surface area contributed by atoms with Gasteiger partial charge in [-0.1, -0.05) is 43.3 Å². The van der Waals surface area contributed by atoms with Gasteiger partial charge in [0.05, 0.1) is 29.9 Å². The topological polar surface area (TPSA) is 133 Å². The van der Waals surface area contributed by atoms with Crippen LogP contribution in [0.1, 0.15) is 45.2 Å². The van der Waals surface area contributed by atoms with Gasteiger partial charge < -0.3 is 20.1 Å². The molecule has 38 heavy (non-hydrogen) atoms. The van der Waals surface area contributed by atoms with Crippen LogP contribution in [0.2, 0.25) is 0 Å². The fourth-order valence-electron chi connectivity index (χ4n) is 4.16. The van der Waals surface area contributed by atoms with Crippen molar-refractivity contribution in [2.45, 2.75) is 44.8 Å². The number of nitrogens with zero attached hydrogens (tertiary/aromatic N) is 4. The number of hydrogen-bond acceptors (Lipinski definition) is 9. The average molecular weight is 539 g/mol. The lowest BCUT2D eigenvalue weighted by Crippen LogP contribution is -2.31. The van der Waals surface area contributed by atoms with E-state index in [1.807, 2.05) is 13.0 Å². The number of fused-ring (bicyclic) bond motifs is 1. The molecule has 11 nitrogen and oxygen atoms in total. The number of nitro benzene ring substituents is 1. The van der Waals surface area contributed by atoms with Gasteiger partial charge in [0, 0.05) is 17.5 Å². The summed E-state index contributed by atoms with van der Waals surface area (Å²) in [5.41, 5.74) is 1.71. The number of rotatable bonds is 11. The van der Waals surface area contributed by atoms with Gasteiger partial charge in [-0.2, -0.15) is 4.98 Å². The molecule has 1 unspecified atom stereocenters. The van der Waals surface area contributed by atoms with Crippen LogP contribution in [0.4, 0.5) is 17.3 Å². The Kier molecular flexibility index (Phi) is 8.52. The van der Waals surface area contributed by atoms with Gasteiger partial charge in [0.1, 0.15) is 11.8 Å². The number of thioether (sulfide) groups is 1. The number of amides is 1. The quantitative estimate of drug-likeness (QED) is 0.142. The van der Waals surface area contributed by atoms with Gasteiger partial charge in [-0.25, -0.2) is 4.68 Å². The maximum Gasteiger partial charge on any atom is 0.311 e. The lowest BCUT2D eigenvalue weighted by molar-refractivity contribution is -0.385. The predicted molar refractivity (Wildman–Crippen MR) is 146 cm³/mol. The molecule has 1 aliphatic heterocycles. The highest BCUT2D eigenvalue weighted by atomic mass is 32.2. The molecule has 0 bridgehead atoms. The molecule has 1 atom stereocenters. The second kappa shape index (κ2) is 12.0. The highest BCUT2D eigenvalue weighted by Gasteiger charge is 2.36. The van der Waals surface area contributed by atoms with Gasteiger partial charge in [0.25, 0.3) is 5.91 Å². The van der Waals surface area contributed by atoms with Gasteiger partial charge >= 0.3 is 5.69 Å². The van der Waals surface area contributed by atoms with Gasteiger partial charge in [0.2, 0.25) is 11.1 Å². The van der Waals surface area contributed by atoms with Gasteiger partial charge in [0.15, 0.2) is 5.75 Å². The van der Waals surface area contributed by atoms with E-state index in [9.17, 15) is 14.9 Å². The zero-order valence-corrected chi connectivity index (χ0v) is 22.5. The van der Waals surface area contributed by atoms with Crippen LogP contribution in [-0.2, 0) is 4.79 Å². The van der Waals surface area contributed by atoms with Crippen molar-refractivity contribution in [3.8, 4) is 11.5 Å². The maximum absolute atomic E-state index is 13.8. The third-order valence-electron chi connectivity index (χ3n) is 5.96. The molecule has 1 aromatic heterocycles. The van der Waals surface area contributed by atoms with E-state index >= 15 is 0 Å². The number of nitrogens with one attached hydrogen (secondary N) is 2. The monoisotopic (exact) mass is 538 g/mol. The van der Waals surface area contributed by atoms with Crippen molar-refractivity contribution in [1.29, 1.82) is 0 Å². The number of anilines is 2. The molecule has 0 radical (unpaired) electrons. The van der Waals surface area contributed by atoms with Gasteiger partial charge in [-0.3, -0.25) is 14.9 Å². The Morgan fingerprint density at radius 2 is 2.03 bits per heavy atom. The van der Waals surface area contributed by atoms with E-state index in [-0.39, 0.29) is 11.4 Å². The minimum Gasteiger partial charge on any atom is -0.492 e. The van der Waals surface area contributed by atoms with Crippen molar-refractivity contribution in [3.05, 3.63) is 69.4 Å². The van der Waals surface area contributed by atoms with Crippen LogP contribution in [0.5, 0.6) is 11.5 Å². The van der Waals surface area contributed by atoms with Crippen LogP contribution in [0.15, 0.2) is 58.9 Å². The summed E-state index contributed by atoms with van der Waals surface area (Å²) in [4.78, 5) is 29.7. The van der Waals surface area contributed by atoms with Crippen LogP contribution in [0.25, 0.3) is 0 Å². The highest BCUT2D eigenvalue weighted by Crippen LogP contribution is 2.40. The van der Waals surface area contributed by atoms with E-state index in [1.165, 1.54) is 31.0 Å². The fourth-order valence-corrected chi connectivity index (χ4v) is 5.08. The third-order valence-corrected chi connectivity index (χ3v) is 6.88. The second-order valence-corrected chi connectivity index (χ2v) is 9.56. The molecule has 3 aromatic rings. The van der Waals surface area contributed by atoms with E-state index < -0.39 is 16.9 Å². The number of nitro groups is 1. The van der Waals surface area contributed by atoms with E-state index in [0.717, 1.165) is 18.6 Å². The normalized spacial score (nSPS) is 14.5. The molecule has 0 saturated carbocycles. The molecule has 0 fully saturated rings. The Bertz CT molecular complexity index is 1370. The Labute approximate surface area is 224 Å². The first-order valence-corrected chi connectivity index (χ1v) is 13.3. The van der Waals surface area contributed by atoms with Crippen molar-refractivity contribution in [3.63, 3.8) is 0 Å². The predicted octanol–water partition coefficient (Wildman–Crippen LogP) is 5.41. The van der Waals surface area contributed by atoms with E-state index in [1.54, 1.807) is 35.9 Å². The summed E-state index contributed by atoms with van der Waals surface area (Å²) in [6.45, 7) is 6.19. The zero-order valence-electron chi connectivity index (χ0n) is 21.7. The number of aromatic nitrogens is 3. The van der Waals surface area contributed by atoms with Crippen molar-refractivity contribution >= 4 is 35.0 Å². The number of benzene rings is 2. The second-order valence-electron chi connectivity index (χ2n) is 8.50. The molecule has 2 N–H and O–H groups in total. The molecule has 2 heterocycles. The van der Waals surface area contributed by atoms with E-state index in [4.69, 9.17) is 9.47 Å². The number of carbonyl (C=O) groups excluding carboxylic acids is 1. The SMILES string of the molecule is CCCCSc1nc2n(n1)C(c1ccc(OC)c([N+](=O)[O-])c1)C(C(=O)Nc1ccccc1OCC)=C(C)N2. The Balaban J connectivity index is 1.80. The Hall–Kier alpha value is -4.06. The lowest BCUT2D eigenvalue weighted by atomic mass is 9.94. The number of para-hydroxylation sites is 2. The minimum absolute atomic E-state index is 0.125. The van der Waals surface area contributed by atoms with Crippen LogP contribution in [-0.4, -0.2) is 45.1 Å². The van der Waals surface area contributed by atoms with Crippen molar-refractivity contribution < 1.29 is 19.2 Å². The summed E-state index contributed by atoms with van der Waals surface area (Å²) in [5.74, 6) is 1.58.